The molecule has 1 unspecified atom stereocenters. The van der Waals surface area contributed by atoms with Gasteiger partial charge in [0.15, 0.2) is 0 Å². The average molecular weight is 338 g/mol. The molecule has 128 valence electrons. The zero-order valence-corrected chi connectivity index (χ0v) is 15.1. The van der Waals surface area contributed by atoms with Crippen LogP contribution in [0.3, 0.4) is 0 Å². The number of aryl methyl sites for hydroxylation is 1. The topological polar surface area (TPSA) is 20.2 Å². The third kappa shape index (κ3) is 4.11. The van der Waals surface area contributed by atoms with Gasteiger partial charge in [-0.15, -0.1) is 0 Å². The summed E-state index contributed by atoms with van der Waals surface area (Å²) in [7, 11) is 0. The summed E-state index contributed by atoms with van der Waals surface area (Å²) in [6.45, 7) is 3.86. The molecule has 3 aromatic carbocycles. The van der Waals surface area contributed by atoms with Crippen LogP contribution in [0.5, 0.6) is 0 Å². The lowest BCUT2D eigenvalue weighted by Crippen LogP contribution is -2.23. The van der Waals surface area contributed by atoms with Gasteiger partial charge in [0.1, 0.15) is 5.60 Å². The maximum Gasteiger partial charge on any atom is 0.113 e. The summed E-state index contributed by atoms with van der Waals surface area (Å²) < 4.78 is 0. The first-order valence-electron chi connectivity index (χ1n) is 8.69. The summed E-state index contributed by atoms with van der Waals surface area (Å²) in [5.41, 5.74) is 3.57. The fourth-order valence-corrected chi connectivity index (χ4v) is 2.87. The van der Waals surface area contributed by atoms with Gasteiger partial charge in [0.2, 0.25) is 0 Å². The highest BCUT2D eigenvalue weighted by molar-refractivity contribution is 5.75. The zero-order chi connectivity index (χ0) is 18.4. The van der Waals surface area contributed by atoms with E-state index in [4.69, 9.17) is 0 Å². The van der Waals surface area contributed by atoms with Gasteiger partial charge < -0.3 is 5.11 Å². The number of benzene rings is 3. The van der Waals surface area contributed by atoms with Crippen molar-refractivity contribution in [3.63, 3.8) is 0 Å². The first kappa shape index (κ1) is 17.7. The molecule has 3 rings (SSSR count). The Morgan fingerprint density at radius 1 is 0.846 bits per heavy atom. The van der Waals surface area contributed by atoms with Gasteiger partial charge in [0.05, 0.1) is 0 Å². The summed E-state index contributed by atoms with van der Waals surface area (Å²) >= 11 is 0. The molecule has 0 aliphatic rings. The molecule has 0 saturated carbocycles. The minimum absolute atomic E-state index is 0.783. The van der Waals surface area contributed by atoms with Crippen LogP contribution in [0, 0.1) is 18.8 Å². The molecule has 0 amide bonds. The number of hydrogen-bond acceptors (Lipinski definition) is 1. The number of rotatable bonds is 3. The van der Waals surface area contributed by atoms with Crippen molar-refractivity contribution in [3.05, 3.63) is 113 Å². The quantitative estimate of drug-likeness (QED) is 0.639. The highest BCUT2D eigenvalue weighted by Crippen LogP contribution is 2.35. The second kappa shape index (κ2) is 7.87. The second-order valence-corrected chi connectivity index (χ2v) is 6.50. The molecule has 1 heteroatoms. The first-order valence-corrected chi connectivity index (χ1v) is 8.69. The van der Waals surface area contributed by atoms with Gasteiger partial charge in [-0.25, -0.2) is 0 Å². The van der Waals surface area contributed by atoms with Crippen molar-refractivity contribution in [1.29, 1.82) is 0 Å². The van der Waals surface area contributed by atoms with Crippen molar-refractivity contribution >= 4 is 5.57 Å². The molecule has 0 spiro atoms. The van der Waals surface area contributed by atoms with Crippen LogP contribution < -0.4 is 0 Å². The lowest BCUT2D eigenvalue weighted by molar-refractivity contribution is 0.122. The molecule has 0 saturated heterocycles. The number of aliphatic hydroxyl groups is 1. The first-order chi connectivity index (χ1) is 12.6. The van der Waals surface area contributed by atoms with E-state index in [0.717, 1.165) is 22.3 Å². The molecule has 1 N–H and O–H groups in total. The summed E-state index contributed by atoms with van der Waals surface area (Å²) in [6.07, 6.45) is 1.82. The number of hydrogen-bond donors (Lipinski definition) is 1. The minimum atomic E-state index is -1.14. The monoisotopic (exact) mass is 338 g/mol. The van der Waals surface area contributed by atoms with Crippen LogP contribution in [-0.4, -0.2) is 5.11 Å². The molecule has 0 radical (unpaired) electrons. The number of allylic oxidation sites excluding steroid dienone is 1. The Morgan fingerprint density at radius 2 is 1.42 bits per heavy atom. The van der Waals surface area contributed by atoms with Crippen molar-refractivity contribution in [3.8, 4) is 11.8 Å². The van der Waals surface area contributed by atoms with Crippen molar-refractivity contribution in [2.75, 3.05) is 0 Å². The molecule has 0 heterocycles. The van der Waals surface area contributed by atoms with Crippen LogP contribution in [-0.2, 0) is 5.60 Å². The van der Waals surface area contributed by atoms with E-state index in [1.165, 1.54) is 5.56 Å². The Bertz CT molecular complexity index is 938. The fraction of sp³-hybridized carbons (Fsp3) is 0.120. The lowest BCUT2D eigenvalue weighted by atomic mass is 9.83. The van der Waals surface area contributed by atoms with Gasteiger partial charge in [-0.05, 0) is 43.2 Å². The maximum atomic E-state index is 11.4. The van der Waals surface area contributed by atoms with E-state index < -0.39 is 5.60 Å². The minimum Gasteiger partial charge on any atom is -0.381 e. The molecule has 3 aromatic rings. The van der Waals surface area contributed by atoms with Crippen LogP contribution in [0.1, 0.15) is 29.2 Å². The summed E-state index contributed by atoms with van der Waals surface area (Å²) in [5, 5.41) is 11.4. The summed E-state index contributed by atoms with van der Waals surface area (Å²) in [4.78, 5) is 0. The average Bonchev–Trinajstić information content (AvgIpc) is 2.67. The van der Waals surface area contributed by atoms with E-state index in [0.29, 0.717) is 0 Å². The normalized spacial score (nSPS) is 13.4. The SMILES string of the molecule is Cc1ccc(C(C)(O)/C(=C\C#Cc2ccccc2)c2ccccc2)cc1. The van der Waals surface area contributed by atoms with Crippen molar-refractivity contribution in [1.82, 2.24) is 0 Å². The van der Waals surface area contributed by atoms with Crippen LogP contribution in [0.25, 0.3) is 5.57 Å². The van der Waals surface area contributed by atoms with Gasteiger partial charge in [-0.1, -0.05) is 90.2 Å². The Labute approximate surface area is 155 Å². The predicted octanol–water partition coefficient (Wildman–Crippen LogP) is 5.34. The van der Waals surface area contributed by atoms with E-state index in [1.807, 2.05) is 105 Å². The van der Waals surface area contributed by atoms with Gasteiger partial charge >= 0.3 is 0 Å². The third-order valence-electron chi connectivity index (χ3n) is 4.43. The van der Waals surface area contributed by atoms with Crippen molar-refractivity contribution in [2.24, 2.45) is 0 Å². The Hall–Kier alpha value is -3.08. The smallest absolute Gasteiger partial charge is 0.113 e. The van der Waals surface area contributed by atoms with E-state index in [2.05, 4.69) is 11.8 Å². The van der Waals surface area contributed by atoms with Gasteiger partial charge in [0.25, 0.3) is 0 Å². The maximum absolute atomic E-state index is 11.4. The molecule has 26 heavy (non-hydrogen) atoms. The highest BCUT2D eigenvalue weighted by Gasteiger charge is 2.28. The van der Waals surface area contributed by atoms with Crippen molar-refractivity contribution < 1.29 is 5.11 Å². The molecule has 0 aromatic heterocycles. The van der Waals surface area contributed by atoms with E-state index in [-0.39, 0.29) is 0 Å². The zero-order valence-electron chi connectivity index (χ0n) is 15.1. The van der Waals surface area contributed by atoms with E-state index in [1.54, 1.807) is 0 Å². The summed E-state index contributed by atoms with van der Waals surface area (Å²) in [6, 6.07) is 27.7. The third-order valence-corrected chi connectivity index (χ3v) is 4.43. The molecular weight excluding hydrogens is 316 g/mol. The van der Waals surface area contributed by atoms with Crippen LogP contribution in [0.4, 0.5) is 0 Å². The van der Waals surface area contributed by atoms with Gasteiger partial charge in [0, 0.05) is 11.1 Å². The molecule has 1 nitrogen and oxygen atoms in total. The highest BCUT2D eigenvalue weighted by atomic mass is 16.3. The summed E-state index contributed by atoms with van der Waals surface area (Å²) in [5.74, 6) is 6.26. The van der Waals surface area contributed by atoms with Crippen LogP contribution in [0.15, 0.2) is 91.0 Å². The largest absolute Gasteiger partial charge is 0.381 e. The Balaban J connectivity index is 2.05. The van der Waals surface area contributed by atoms with Gasteiger partial charge in [-0.3, -0.25) is 0 Å². The van der Waals surface area contributed by atoms with E-state index in [9.17, 15) is 5.11 Å². The Morgan fingerprint density at radius 3 is 2.04 bits per heavy atom. The van der Waals surface area contributed by atoms with Crippen LogP contribution in [0.2, 0.25) is 0 Å². The second-order valence-electron chi connectivity index (χ2n) is 6.50. The van der Waals surface area contributed by atoms with E-state index >= 15 is 0 Å². The Kier molecular flexibility index (Phi) is 5.37. The molecule has 0 bridgehead atoms. The molecule has 0 aliphatic carbocycles. The predicted molar refractivity (Wildman–Crippen MR) is 108 cm³/mol. The molecular formula is C25H22O. The standard InChI is InChI=1S/C25H22O/c1-20-16-18-23(19-17-20)25(2,26)24(22-13-7-4-8-14-22)15-9-12-21-10-5-3-6-11-21/h3-8,10-11,13-19,26H,1-2H3/b24-15-. The molecule has 0 fully saturated rings. The lowest BCUT2D eigenvalue weighted by Gasteiger charge is -2.27. The van der Waals surface area contributed by atoms with Gasteiger partial charge in [-0.2, -0.15) is 0 Å². The fourth-order valence-electron chi connectivity index (χ4n) is 2.87. The molecule has 1 atom stereocenters. The molecule has 0 aliphatic heterocycles. The van der Waals surface area contributed by atoms with Crippen LogP contribution >= 0.6 is 0 Å². The van der Waals surface area contributed by atoms with Crippen molar-refractivity contribution in [2.45, 2.75) is 19.4 Å².